The Morgan fingerprint density at radius 1 is 1.04 bits per heavy atom. The van der Waals surface area contributed by atoms with Crippen LogP contribution in [-0.2, 0) is 0 Å². The largest absolute Gasteiger partial charge is 0.486 e. The zero-order valence-electron chi connectivity index (χ0n) is 15.6. The fourth-order valence-corrected chi connectivity index (χ4v) is 4.24. The van der Waals surface area contributed by atoms with Crippen LogP contribution >= 0.6 is 0 Å². The van der Waals surface area contributed by atoms with Gasteiger partial charge in [0.05, 0.1) is 0 Å². The predicted molar refractivity (Wildman–Crippen MR) is 105 cm³/mol. The molecule has 6 heteroatoms. The summed E-state index contributed by atoms with van der Waals surface area (Å²) >= 11 is 0. The third-order valence-corrected chi connectivity index (χ3v) is 5.71. The molecule has 1 aromatic rings. The molecule has 1 fully saturated rings. The molecule has 3 heterocycles. The zero-order valence-corrected chi connectivity index (χ0v) is 15.6. The van der Waals surface area contributed by atoms with E-state index >= 15 is 0 Å². The van der Waals surface area contributed by atoms with E-state index in [1.165, 1.54) is 5.56 Å². The Morgan fingerprint density at radius 3 is 2.71 bits per heavy atom. The van der Waals surface area contributed by atoms with Crippen LogP contribution in [0.15, 0.2) is 48.8 Å². The SMILES string of the molecule is O=C(NC1CCC(n2cccc3ccnc2-3)CC1)c1ccc2c(c1)OCCO2. The maximum atomic E-state index is 12.7. The van der Waals surface area contributed by atoms with Crippen LogP contribution in [0.5, 0.6) is 11.5 Å². The van der Waals surface area contributed by atoms with Crippen molar-refractivity contribution in [3.05, 3.63) is 54.4 Å². The number of benzene rings is 1. The van der Waals surface area contributed by atoms with E-state index < -0.39 is 0 Å². The number of carbonyl (C=O) groups excluding carboxylic acids is 1. The van der Waals surface area contributed by atoms with Crippen LogP contribution in [0.25, 0.3) is 11.4 Å². The summed E-state index contributed by atoms with van der Waals surface area (Å²) in [6, 6.07) is 12.2. The summed E-state index contributed by atoms with van der Waals surface area (Å²) in [5.74, 6) is 2.35. The Hall–Kier alpha value is -3.02. The Morgan fingerprint density at radius 2 is 1.86 bits per heavy atom. The number of pyridine rings is 1. The highest BCUT2D eigenvalue weighted by Crippen LogP contribution is 2.33. The van der Waals surface area contributed by atoms with Crippen molar-refractivity contribution in [1.82, 2.24) is 14.9 Å². The van der Waals surface area contributed by atoms with Gasteiger partial charge in [-0.2, -0.15) is 0 Å². The minimum absolute atomic E-state index is 0.0483. The second-order valence-corrected chi connectivity index (χ2v) is 7.48. The molecule has 0 saturated heterocycles. The molecule has 3 aliphatic heterocycles. The van der Waals surface area contributed by atoms with Gasteiger partial charge in [0.25, 0.3) is 5.91 Å². The van der Waals surface area contributed by atoms with Crippen molar-refractivity contribution in [1.29, 1.82) is 0 Å². The van der Waals surface area contributed by atoms with Gasteiger partial charge in [0.1, 0.15) is 19.0 Å². The number of carbonyl (C=O) groups is 1. The van der Waals surface area contributed by atoms with E-state index in [2.05, 4.69) is 33.2 Å². The second-order valence-electron chi connectivity index (χ2n) is 7.48. The maximum absolute atomic E-state index is 12.7. The van der Waals surface area contributed by atoms with Gasteiger partial charge in [-0.3, -0.25) is 4.79 Å². The number of ether oxygens (including phenoxy) is 2. The fraction of sp³-hybridized carbons (Fsp3) is 0.364. The van der Waals surface area contributed by atoms with Gasteiger partial charge in [0, 0.05) is 35.6 Å². The van der Waals surface area contributed by atoms with Gasteiger partial charge in [-0.25, -0.2) is 4.98 Å². The van der Waals surface area contributed by atoms with Crippen molar-refractivity contribution >= 4 is 5.91 Å². The second kappa shape index (κ2) is 7.19. The lowest BCUT2D eigenvalue weighted by atomic mass is 9.90. The summed E-state index contributed by atoms with van der Waals surface area (Å²) < 4.78 is 13.4. The van der Waals surface area contributed by atoms with Gasteiger partial charge >= 0.3 is 0 Å². The molecule has 0 bridgehead atoms. The van der Waals surface area contributed by atoms with Crippen LogP contribution in [0, 0.1) is 0 Å². The molecule has 5 rings (SSSR count). The normalized spacial score (nSPS) is 21.4. The van der Waals surface area contributed by atoms with Gasteiger partial charge in [-0.15, -0.1) is 0 Å². The highest BCUT2D eigenvalue weighted by Gasteiger charge is 2.26. The number of aromatic nitrogens is 2. The lowest BCUT2D eigenvalue weighted by molar-refractivity contribution is 0.0921. The Labute approximate surface area is 163 Å². The number of fused-ring (bicyclic) bond motifs is 2. The average molecular weight is 377 g/mol. The van der Waals surface area contributed by atoms with E-state index in [1.807, 2.05) is 18.3 Å². The summed E-state index contributed by atoms with van der Waals surface area (Å²) in [5, 5.41) is 3.19. The summed E-state index contributed by atoms with van der Waals surface area (Å²) in [7, 11) is 0. The first kappa shape index (κ1) is 17.1. The number of rotatable bonds is 3. The lowest BCUT2D eigenvalue weighted by Gasteiger charge is -2.31. The van der Waals surface area contributed by atoms with E-state index in [4.69, 9.17) is 9.47 Å². The Balaban J connectivity index is 1.22. The fourth-order valence-electron chi connectivity index (χ4n) is 4.24. The van der Waals surface area contributed by atoms with E-state index in [1.54, 1.807) is 12.1 Å². The molecular formula is C22H23N3O3. The minimum Gasteiger partial charge on any atom is -0.486 e. The third kappa shape index (κ3) is 3.19. The van der Waals surface area contributed by atoms with Gasteiger partial charge in [0.15, 0.2) is 11.5 Å². The van der Waals surface area contributed by atoms with Gasteiger partial charge in [-0.05, 0) is 62.1 Å². The molecule has 0 atom stereocenters. The van der Waals surface area contributed by atoms with Gasteiger partial charge < -0.3 is 19.4 Å². The van der Waals surface area contributed by atoms with Crippen LogP contribution in [0.2, 0.25) is 0 Å². The standard InChI is InChI=1S/C22H23N3O3/c26-22(16-3-8-19-20(14-16)28-13-12-27-19)24-17-4-6-18(7-5-17)25-11-1-2-15-9-10-23-21(15)25/h1-3,8-11,14,17-18H,4-7,12-13H2,(H,24,26). The summed E-state index contributed by atoms with van der Waals surface area (Å²) in [6.45, 7) is 1.07. The van der Waals surface area contributed by atoms with Crippen LogP contribution in [-0.4, -0.2) is 34.7 Å². The molecule has 4 aliphatic rings. The van der Waals surface area contributed by atoms with E-state index in [9.17, 15) is 4.79 Å². The van der Waals surface area contributed by atoms with Crippen molar-refractivity contribution in [2.75, 3.05) is 13.2 Å². The summed E-state index contributed by atoms with van der Waals surface area (Å²) in [5.41, 5.74) is 1.79. The summed E-state index contributed by atoms with van der Waals surface area (Å²) in [4.78, 5) is 17.2. The van der Waals surface area contributed by atoms with Crippen LogP contribution in [0.1, 0.15) is 42.1 Å². The molecular weight excluding hydrogens is 354 g/mol. The van der Waals surface area contributed by atoms with E-state index in [-0.39, 0.29) is 11.9 Å². The zero-order chi connectivity index (χ0) is 18.9. The van der Waals surface area contributed by atoms with Gasteiger partial charge in [-0.1, -0.05) is 0 Å². The number of hydrogen-bond donors (Lipinski definition) is 1. The number of nitrogens with zero attached hydrogens (tertiary/aromatic N) is 2. The lowest BCUT2D eigenvalue weighted by Crippen LogP contribution is -2.38. The first-order valence-electron chi connectivity index (χ1n) is 9.90. The van der Waals surface area contributed by atoms with Crippen molar-refractivity contribution in [2.24, 2.45) is 0 Å². The maximum Gasteiger partial charge on any atom is 0.251 e. The molecule has 0 aromatic heterocycles. The van der Waals surface area contributed by atoms with Crippen molar-refractivity contribution in [3.63, 3.8) is 0 Å². The van der Waals surface area contributed by atoms with Gasteiger partial charge in [0.2, 0.25) is 0 Å². The molecule has 144 valence electrons. The predicted octanol–water partition coefficient (Wildman–Crippen LogP) is 3.67. The first-order chi connectivity index (χ1) is 13.8. The van der Waals surface area contributed by atoms with Crippen molar-refractivity contribution in [3.8, 4) is 22.9 Å². The van der Waals surface area contributed by atoms with E-state index in [0.717, 1.165) is 31.5 Å². The quantitative estimate of drug-likeness (QED) is 0.756. The van der Waals surface area contributed by atoms with Crippen molar-refractivity contribution < 1.29 is 14.3 Å². The molecule has 1 amide bonds. The Kier molecular flexibility index (Phi) is 4.39. The highest BCUT2D eigenvalue weighted by atomic mass is 16.6. The molecule has 1 saturated carbocycles. The topological polar surface area (TPSA) is 65.4 Å². The molecule has 0 spiro atoms. The number of hydrogen-bond acceptors (Lipinski definition) is 4. The van der Waals surface area contributed by atoms with E-state index in [0.29, 0.717) is 36.3 Å². The van der Waals surface area contributed by atoms with Crippen LogP contribution in [0.4, 0.5) is 0 Å². The average Bonchev–Trinajstić information content (AvgIpc) is 3.23. The third-order valence-electron chi connectivity index (χ3n) is 5.71. The Bertz CT molecular complexity index is 959. The molecule has 6 nitrogen and oxygen atoms in total. The molecule has 1 aromatic carbocycles. The summed E-state index contributed by atoms with van der Waals surface area (Å²) in [6.07, 6.45) is 7.97. The monoisotopic (exact) mass is 377 g/mol. The smallest absolute Gasteiger partial charge is 0.251 e. The highest BCUT2D eigenvalue weighted by molar-refractivity contribution is 5.95. The molecule has 1 N–H and O–H groups in total. The minimum atomic E-state index is -0.0483. The first-order valence-corrected chi connectivity index (χ1v) is 9.90. The molecule has 0 unspecified atom stereocenters. The molecule has 1 aliphatic carbocycles. The molecule has 28 heavy (non-hydrogen) atoms. The number of nitrogens with one attached hydrogen (secondary N) is 1. The van der Waals surface area contributed by atoms with Crippen LogP contribution in [0.3, 0.4) is 0 Å². The molecule has 0 radical (unpaired) electrons. The number of amides is 1. The van der Waals surface area contributed by atoms with Crippen LogP contribution < -0.4 is 14.8 Å². The van der Waals surface area contributed by atoms with Crippen molar-refractivity contribution in [2.45, 2.75) is 37.8 Å².